The van der Waals surface area contributed by atoms with Crippen LogP contribution in [-0.2, 0) is 14.8 Å². The van der Waals surface area contributed by atoms with Crippen LogP contribution in [0.5, 0.6) is 0 Å². The van der Waals surface area contributed by atoms with E-state index in [-0.39, 0.29) is 10.5 Å². The van der Waals surface area contributed by atoms with Gasteiger partial charge in [-0.2, -0.15) is 4.31 Å². The molecule has 0 atom stereocenters. The third kappa shape index (κ3) is 3.31. The molecule has 122 valence electrons. The van der Waals surface area contributed by atoms with Gasteiger partial charge in [0.25, 0.3) is 0 Å². The van der Waals surface area contributed by atoms with Crippen molar-refractivity contribution < 1.29 is 17.9 Å². The van der Waals surface area contributed by atoms with Crippen LogP contribution in [0, 0.1) is 12.8 Å². The van der Waals surface area contributed by atoms with E-state index in [1.54, 1.807) is 13.0 Å². The molecule has 0 amide bonds. The van der Waals surface area contributed by atoms with E-state index in [1.807, 2.05) is 0 Å². The summed E-state index contributed by atoms with van der Waals surface area (Å²) in [6.07, 6.45) is 1.54. The first kappa shape index (κ1) is 16.9. The molecule has 6 nitrogen and oxygen atoms in total. The van der Waals surface area contributed by atoms with Crippen molar-refractivity contribution in [2.45, 2.75) is 24.7 Å². The van der Waals surface area contributed by atoms with Gasteiger partial charge < -0.3 is 10.5 Å². The maximum absolute atomic E-state index is 12.7. The SMILES string of the molecule is COC(=O)c1cc(S(=O)(=O)N2CCC(CN)CC2)ccc1C. The van der Waals surface area contributed by atoms with Gasteiger partial charge in [0.05, 0.1) is 17.6 Å². The molecule has 22 heavy (non-hydrogen) atoms. The van der Waals surface area contributed by atoms with E-state index in [0.717, 1.165) is 12.8 Å². The molecule has 0 bridgehead atoms. The van der Waals surface area contributed by atoms with E-state index in [0.29, 0.717) is 31.1 Å². The second-order valence-corrected chi connectivity index (χ2v) is 7.49. The summed E-state index contributed by atoms with van der Waals surface area (Å²) in [5, 5.41) is 0. The van der Waals surface area contributed by atoms with Gasteiger partial charge in [0.2, 0.25) is 10.0 Å². The number of hydrogen-bond acceptors (Lipinski definition) is 5. The van der Waals surface area contributed by atoms with Gasteiger partial charge in [0.1, 0.15) is 0 Å². The van der Waals surface area contributed by atoms with Crippen LogP contribution in [0.1, 0.15) is 28.8 Å². The molecular formula is C15H22N2O4S. The standard InChI is InChI=1S/C15H22N2O4S/c1-11-3-4-13(9-14(11)15(18)21-2)22(19,20)17-7-5-12(10-16)6-8-17/h3-4,9,12H,5-8,10,16H2,1-2H3. The van der Waals surface area contributed by atoms with E-state index in [1.165, 1.54) is 23.5 Å². The number of sulfonamides is 1. The molecular weight excluding hydrogens is 304 g/mol. The average molecular weight is 326 g/mol. The Hall–Kier alpha value is -1.44. The zero-order valence-electron chi connectivity index (χ0n) is 12.9. The maximum Gasteiger partial charge on any atom is 0.338 e. The molecule has 1 saturated heterocycles. The van der Waals surface area contributed by atoms with Crippen LogP contribution in [0.15, 0.2) is 23.1 Å². The molecule has 1 aromatic rings. The number of piperidine rings is 1. The smallest absolute Gasteiger partial charge is 0.338 e. The lowest BCUT2D eigenvalue weighted by molar-refractivity contribution is 0.0599. The molecule has 0 aromatic heterocycles. The van der Waals surface area contributed by atoms with Crippen LogP contribution < -0.4 is 5.73 Å². The second kappa shape index (κ2) is 6.76. The summed E-state index contributed by atoms with van der Waals surface area (Å²) in [6, 6.07) is 4.56. The van der Waals surface area contributed by atoms with E-state index in [9.17, 15) is 13.2 Å². The zero-order valence-corrected chi connectivity index (χ0v) is 13.7. The van der Waals surface area contributed by atoms with Crippen molar-refractivity contribution in [1.82, 2.24) is 4.31 Å². The summed E-state index contributed by atoms with van der Waals surface area (Å²) in [5.74, 6) is -0.147. The number of aryl methyl sites for hydroxylation is 1. The van der Waals surface area contributed by atoms with Gasteiger partial charge in [-0.3, -0.25) is 0 Å². The zero-order chi connectivity index (χ0) is 16.3. The molecule has 1 heterocycles. The van der Waals surface area contributed by atoms with Crippen molar-refractivity contribution in [3.63, 3.8) is 0 Å². The van der Waals surface area contributed by atoms with Gasteiger partial charge in [0.15, 0.2) is 0 Å². The van der Waals surface area contributed by atoms with Gasteiger partial charge >= 0.3 is 5.97 Å². The highest BCUT2D eigenvalue weighted by Gasteiger charge is 2.29. The quantitative estimate of drug-likeness (QED) is 0.838. The third-order valence-corrected chi connectivity index (χ3v) is 6.05. The van der Waals surface area contributed by atoms with Crippen molar-refractivity contribution in [1.29, 1.82) is 0 Å². The number of carbonyl (C=O) groups excluding carboxylic acids is 1. The molecule has 7 heteroatoms. The Morgan fingerprint density at radius 1 is 1.36 bits per heavy atom. The maximum atomic E-state index is 12.7. The fourth-order valence-corrected chi connectivity index (χ4v) is 4.12. The van der Waals surface area contributed by atoms with E-state index in [4.69, 9.17) is 10.5 Å². The monoisotopic (exact) mass is 326 g/mol. The predicted molar refractivity (Wildman–Crippen MR) is 83.1 cm³/mol. The van der Waals surface area contributed by atoms with Gasteiger partial charge in [-0.25, -0.2) is 13.2 Å². The normalized spacial score (nSPS) is 17.4. The summed E-state index contributed by atoms with van der Waals surface area (Å²) in [5.41, 5.74) is 6.60. The van der Waals surface area contributed by atoms with Crippen molar-refractivity contribution in [2.24, 2.45) is 11.7 Å². The number of ether oxygens (including phenoxy) is 1. The summed E-state index contributed by atoms with van der Waals surface area (Å²) in [4.78, 5) is 11.9. The lowest BCUT2D eigenvalue weighted by atomic mass is 9.99. The second-order valence-electron chi connectivity index (χ2n) is 5.55. The lowest BCUT2D eigenvalue weighted by Gasteiger charge is -2.30. The Morgan fingerprint density at radius 2 is 2.00 bits per heavy atom. The van der Waals surface area contributed by atoms with Crippen LogP contribution in [0.3, 0.4) is 0 Å². The molecule has 0 unspecified atom stereocenters. The highest BCUT2D eigenvalue weighted by Crippen LogP contribution is 2.25. The minimum absolute atomic E-state index is 0.129. The number of hydrogen-bond donors (Lipinski definition) is 1. The predicted octanol–water partition coefficient (Wildman–Crippen LogP) is 1.14. The van der Waals surface area contributed by atoms with Crippen LogP contribution in [0.25, 0.3) is 0 Å². The van der Waals surface area contributed by atoms with Gasteiger partial charge in [0, 0.05) is 13.1 Å². The molecule has 1 aliphatic rings. The van der Waals surface area contributed by atoms with E-state index >= 15 is 0 Å². The number of carbonyl (C=O) groups is 1. The third-order valence-electron chi connectivity index (χ3n) is 4.16. The first-order valence-corrected chi connectivity index (χ1v) is 8.73. The Bertz CT molecular complexity index is 650. The number of nitrogens with two attached hydrogens (primary N) is 1. The number of rotatable bonds is 4. The fraction of sp³-hybridized carbons (Fsp3) is 0.533. The van der Waals surface area contributed by atoms with Crippen LogP contribution in [0.2, 0.25) is 0 Å². The van der Waals surface area contributed by atoms with E-state index in [2.05, 4.69) is 0 Å². The molecule has 0 radical (unpaired) electrons. The van der Waals surface area contributed by atoms with Crippen molar-refractivity contribution >= 4 is 16.0 Å². The van der Waals surface area contributed by atoms with Crippen molar-refractivity contribution in [2.75, 3.05) is 26.7 Å². The largest absolute Gasteiger partial charge is 0.465 e. The number of esters is 1. The Balaban J connectivity index is 2.28. The topological polar surface area (TPSA) is 89.7 Å². The molecule has 2 N–H and O–H groups in total. The molecule has 0 aliphatic carbocycles. The van der Waals surface area contributed by atoms with Crippen LogP contribution >= 0.6 is 0 Å². The summed E-state index contributed by atoms with van der Waals surface area (Å²) in [7, 11) is -2.31. The first-order chi connectivity index (χ1) is 10.4. The summed E-state index contributed by atoms with van der Waals surface area (Å²) >= 11 is 0. The average Bonchev–Trinajstić information content (AvgIpc) is 2.54. The first-order valence-electron chi connectivity index (χ1n) is 7.29. The fourth-order valence-electron chi connectivity index (χ4n) is 2.63. The van der Waals surface area contributed by atoms with Crippen LogP contribution in [0.4, 0.5) is 0 Å². The Morgan fingerprint density at radius 3 is 2.55 bits per heavy atom. The van der Waals surface area contributed by atoms with E-state index < -0.39 is 16.0 Å². The van der Waals surface area contributed by atoms with Gasteiger partial charge in [-0.15, -0.1) is 0 Å². The van der Waals surface area contributed by atoms with Gasteiger partial charge in [-0.05, 0) is 49.9 Å². The molecule has 2 rings (SSSR count). The summed E-state index contributed by atoms with van der Waals surface area (Å²) in [6.45, 7) is 3.26. The highest BCUT2D eigenvalue weighted by atomic mass is 32.2. The number of methoxy groups -OCH3 is 1. The molecule has 1 fully saturated rings. The number of benzene rings is 1. The molecule has 0 spiro atoms. The molecule has 1 aliphatic heterocycles. The molecule has 0 saturated carbocycles. The lowest BCUT2D eigenvalue weighted by Crippen LogP contribution is -2.40. The minimum atomic E-state index is -3.59. The number of nitrogens with zero attached hydrogens (tertiary/aromatic N) is 1. The highest BCUT2D eigenvalue weighted by molar-refractivity contribution is 7.89. The van der Waals surface area contributed by atoms with Crippen molar-refractivity contribution in [3.05, 3.63) is 29.3 Å². The Labute approximate surface area is 131 Å². The van der Waals surface area contributed by atoms with Crippen molar-refractivity contribution in [3.8, 4) is 0 Å². The summed E-state index contributed by atoms with van der Waals surface area (Å²) < 4.78 is 31.6. The Kier molecular flexibility index (Phi) is 5.20. The van der Waals surface area contributed by atoms with Gasteiger partial charge in [-0.1, -0.05) is 6.07 Å². The molecule has 1 aromatic carbocycles. The minimum Gasteiger partial charge on any atom is -0.465 e. The van der Waals surface area contributed by atoms with Crippen LogP contribution in [-0.4, -0.2) is 45.4 Å².